The molecule has 13 heavy (non-hydrogen) atoms. The number of thioether (sulfide) groups is 1. The van der Waals surface area contributed by atoms with Gasteiger partial charge in [0.15, 0.2) is 0 Å². The topological polar surface area (TPSA) is 15.3 Å². The van der Waals surface area contributed by atoms with Crippen molar-refractivity contribution in [3.05, 3.63) is 0 Å². The van der Waals surface area contributed by atoms with E-state index in [0.717, 1.165) is 5.92 Å². The van der Waals surface area contributed by atoms with Crippen LogP contribution in [0.3, 0.4) is 0 Å². The molecule has 0 aromatic carbocycles. The van der Waals surface area contributed by atoms with Crippen LogP contribution in [-0.4, -0.2) is 50.1 Å². The van der Waals surface area contributed by atoms with E-state index in [1.807, 2.05) is 11.8 Å². The largest absolute Gasteiger partial charge is 0.316 e. The molecule has 0 aliphatic carbocycles. The second-order valence-corrected chi connectivity index (χ2v) is 4.95. The summed E-state index contributed by atoms with van der Waals surface area (Å²) in [6.07, 6.45) is 4.96. The van der Waals surface area contributed by atoms with E-state index in [0.29, 0.717) is 0 Å². The summed E-state index contributed by atoms with van der Waals surface area (Å²) in [4.78, 5) is 2.45. The fraction of sp³-hybridized carbons (Fsp3) is 1.00. The third kappa shape index (κ3) is 4.89. The van der Waals surface area contributed by atoms with Crippen LogP contribution in [0, 0.1) is 5.92 Å². The average molecular weight is 202 g/mol. The number of piperidine rings is 1. The quantitative estimate of drug-likeness (QED) is 0.676. The van der Waals surface area contributed by atoms with Crippen LogP contribution in [0.2, 0.25) is 0 Å². The third-order valence-corrected chi connectivity index (χ3v) is 3.25. The number of likely N-dealkylation sites (tertiary alicyclic amines) is 1. The van der Waals surface area contributed by atoms with Gasteiger partial charge in [-0.05, 0) is 45.2 Å². The summed E-state index contributed by atoms with van der Waals surface area (Å²) < 4.78 is 0. The number of hydrogen-bond donors (Lipinski definition) is 1. The van der Waals surface area contributed by atoms with Gasteiger partial charge in [0.1, 0.15) is 0 Å². The van der Waals surface area contributed by atoms with Crippen molar-refractivity contribution < 1.29 is 0 Å². The van der Waals surface area contributed by atoms with Gasteiger partial charge in [-0.3, -0.25) is 0 Å². The molecule has 0 bridgehead atoms. The van der Waals surface area contributed by atoms with E-state index in [-0.39, 0.29) is 0 Å². The minimum Gasteiger partial charge on any atom is -0.316 e. The Morgan fingerprint density at radius 1 is 1.54 bits per heavy atom. The Hall–Kier alpha value is 0.270. The molecule has 1 heterocycles. The van der Waals surface area contributed by atoms with Crippen LogP contribution >= 0.6 is 11.8 Å². The maximum atomic E-state index is 3.53. The van der Waals surface area contributed by atoms with E-state index in [4.69, 9.17) is 0 Å². The van der Waals surface area contributed by atoms with E-state index in [9.17, 15) is 0 Å². The van der Waals surface area contributed by atoms with E-state index >= 15 is 0 Å². The van der Waals surface area contributed by atoms with Gasteiger partial charge >= 0.3 is 0 Å². The van der Waals surface area contributed by atoms with Gasteiger partial charge in [-0.25, -0.2) is 0 Å². The third-order valence-electron chi connectivity index (χ3n) is 2.64. The van der Waals surface area contributed by atoms with Crippen molar-refractivity contribution >= 4 is 11.8 Å². The molecule has 0 radical (unpaired) electrons. The lowest BCUT2D eigenvalue weighted by atomic mass is 9.98. The molecule has 3 heteroatoms. The minimum atomic E-state index is 0.889. The molecule has 0 amide bonds. The van der Waals surface area contributed by atoms with Crippen molar-refractivity contribution in [2.24, 2.45) is 5.92 Å². The number of nitrogens with one attached hydrogen (secondary N) is 1. The maximum Gasteiger partial charge on any atom is 0.00553 e. The lowest BCUT2D eigenvalue weighted by Crippen LogP contribution is -2.37. The number of hydrogen-bond acceptors (Lipinski definition) is 3. The van der Waals surface area contributed by atoms with Crippen molar-refractivity contribution in [1.29, 1.82) is 0 Å². The first kappa shape index (κ1) is 11.3. The molecular weight excluding hydrogens is 180 g/mol. The van der Waals surface area contributed by atoms with Crippen molar-refractivity contribution in [2.45, 2.75) is 12.8 Å². The fourth-order valence-corrected chi connectivity index (χ4v) is 2.27. The molecule has 2 nitrogen and oxygen atoms in total. The van der Waals surface area contributed by atoms with Crippen LogP contribution in [0.4, 0.5) is 0 Å². The molecule has 0 aromatic heterocycles. The highest BCUT2D eigenvalue weighted by Crippen LogP contribution is 2.13. The second kappa shape index (κ2) is 6.68. The molecule has 1 fully saturated rings. The molecule has 1 rings (SSSR count). The Morgan fingerprint density at radius 3 is 3.08 bits per heavy atom. The molecule has 1 atom stereocenters. The molecule has 0 saturated carbocycles. The highest BCUT2D eigenvalue weighted by molar-refractivity contribution is 7.98. The van der Waals surface area contributed by atoms with Crippen molar-refractivity contribution in [2.75, 3.05) is 45.2 Å². The average Bonchev–Trinajstić information content (AvgIpc) is 2.13. The minimum absolute atomic E-state index is 0.889. The standard InChI is InChI=1S/C10H22N2S/c1-12-6-3-4-10(9-12)8-11-5-7-13-2/h10-11H,3-9H2,1-2H3. The molecule has 0 aromatic rings. The number of rotatable bonds is 5. The Labute approximate surface area is 86.5 Å². The first-order chi connectivity index (χ1) is 6.33. The normalized spacial score (nSPS) is 24.9. The van der Waals surface area contributed by atoms with Gasteiger partial charge in [0.2, 0.25) is 0 Å². The maximum absolute atomic E-state index is 3.53. The predicted octanol–water partition coefficient (Wildman–Crippen LogP) is 1.28. The Kier molecular flexibility index (Phi) is 5.83. The summed E-state index contributed by atoms with van der Waals surface area (Å²) in [6.45, 7) is 4.96. The van der Waals surface area contributed by atoms with Gasteiger partial charge in [-0.15, -0.1) is 0 Å². The SMILES string of the molecule is CSCCNCC1CCCN(C)C1. The lowest BCUT2D eigenvalue weighted by molar-refractivity contribution is 0.207. The molecule has 1 N–H and O–H groups in total. The molecule has 1 unspecified atom stereocenters. The first-order valence-corrected chi connectivity index (χ1v) is 6.60. The first-order valence-electron chi connectivity index (χ1n) is 5.21. The van der Waals surface area contributed by atoms with Crippen LogP contribution in [0.5, 0.6) is 0 Å². The second-order valence-electron chi connectivity index (χ2n) is 3.97. The highest BCUT2D eigenvalue weighted by atomic mass is 32.2. The van der Waals surface area contributed by atoms with Crippen molar-refractivity contribution in [3.63, 3.8) is 0 Å². The number of nitrogens with zero attached hydrogens (tertiary/aromatic N) is 1. The Bertz CT molecular complexity index is 130. The summed E-state index contributed by atoms with van der Waals surface area (Å²) in [7, 11) is 2.23. The van der Waals surface area contributed by atoms with Crippen LogP contribution in [-0.2, 0) is 0 Å². The van der Waals surface area contributed by atoms with Crippen molar-refractivity contribution in [1.82, 2.24) is 10.2 Å². The van der Waals surface area contributed by atoms with Crippen LogP contribution in [0.25, 0.3) is 0 Å². The van der Waals surface area contributed by atoms with Gasteiger partial charge in [-0.1, -0.05) is 0 Å². The smallest absolute Gasteiger partial charge is 0.00553 e. The zero-order chi connectivity index (χ0) is 9.52. The zero-order valence-corrected chi connectivity index (χ0v) is 9.70. The summed E-state index contributed by atoms with van der Waals surface area (Å²) in [5.41, 5.74) is 0. The summed E-state index contributed by atoms with van der Waals surface area (Å²) in [5, 5.41) is 3.53. The van der Waals surface area contributed by atoms with E-state index in [1.54, 1.807) is 0 Å². The molecule has 0 spiro atoms. The van der Waals surface area contributed by atoms with Gasteiger partial charge < -0.3 is 10.2 Å². The van der Waals surface area contributed by atoms with Crippen molar-refractivity contribution in [3.8, 4) is 0 Å². The Morgan fingerprint density at radius 2 is 2.38 bits per heavy atom. The summed E-state index contributed by atoms with van der Waals surface area (Å²) >= 11 is 1.92. The van der Waals surface area contributed by atoms with Gasteiger partial charge in [-0.2, -0.15) is 11.8 Å². The zero-order valence-electron chi connectivity index (χ0n) is 8.88. The summed E-state index contributed by atoms with van der Waals surface area (Å²) in [6, 6.07) is 0. The van der Waals surface area contributed by atoms with Crippen LogP contribution in [0.1, 0.15) is 12.8 Å². The molecule has 1 aliphatic heterocycles. The molecule has 1 aliphatic rings. The van der Waals surface area contributed by atoms with Gasteiger partial charge in [0.25, 0.3) is 0 Å². The summed E-state index contributed by atoms with van der Waals surface area (Å²) in [5.74, 6) is 2.13. The lowest BCUT2D eigenvalue weighted by Gasteiger charge is -2.29. The molecule has 1 saturated heterocycles. The fourth-order valence-electron chi connectivity index (χ4n) is 1.92. The van der Waals surface area contributed by atoms with Crippen LogP contribution in [0.15, 0.2) is 0 Å². The predicted molar refractivity (Wildman–Crippen MR) is 61.5 cm³/mol. The van der Waals surface area contributed by atoms with E-state index in [1.165, 1.54) is 44.8 Å². The van der Waals surface area contributed by atoms with Gasteiger partial charge in [0.05, 0.1) is 0 Å². The van der Waals surface area contributed by atoms with Crippen LogP contribution < -0.4 is 5.32 Å². The van der Waals surface area contributed by atoms with E-state index < -0.39 is 0 Å². The molecule has 78 valence electrons. The van der Waals surface area contributed by atoms with E-state index in [2.05, 4.69) is 23.5 Å². The molecular formula is C10H22N2S. The monoisotopic (exact) mass is 202 g/mol. The van der Waals surface area contributed by atoms with Gasteiger partial charge in [0, 0.05) is 18.8 Å². The Balaban J connectivity index is 2.00. The highest BCUT2D eigenvalue weighted by Gasteiger charge is 2.15.